The Balaban J connectivity index is 2.28. The predicted octanol–water partition coefficient (Wildman–Crippen LogP) is 3.65. The van der Waals surface area contributed by atoms with Crippen molar-refractivity contribution in [2.24, 2.45) is 0 Å². The van der Waals surface area contributed by atoms with Gasteiger partial charge in [-0.05, 0) is 24.3 Å². The molecule has 3 heteroatoms. The van der Waals surface area contributed by atoms with E-state index in [1.165, 1.54) is 0 Å². The van der Waals surface area contributed by atoms with E-state index < -0.39 is 0 Å². The van der Waals surface area contributed by atoms with Gasteiger partial charge in [0.15, 0.2) is 11.4 Å². The largest absolute Gasteiger partial charge is 0.493 e. The second-order valence-corrected chi connectivity index (χ2v) is 3.40. The van der Waals surface area contributed by atoms with Crippen LogP contribution >= 0.6 is 0 Å². The Bertz CT molecular complexity index is 467. The number of hydrogen-bond donors (Lipinski definition) is 0. The summed E-state index contributed by atoms with van der Waals surface area (Å²) in [6, 6.07) is 14.6. The lowest BCUT2D eigenvalue weighted by Gasteiger charge is -2.11. The lowest BCUT2D eigenvalue weighted by molar-refractivity contribution is 0.482. The van der Waals surface area contributed by atoms with Gasteiger partial charge in [-0.1, -0.05) is 0 Å². The van der Waals surface area contributed by atoms with Crippen LogP contribution in [0.1, 0.15) is 0 Å². The molecule has 4 heterocycles. The van der Waals surface area contributed by atoms with E-state index in [0.717, 1.165) is 27.6 Å². The van der Waals surface area contributed by atoms with Crippen molar-refractivity contribution in [3.8, 4) is 11.5 Å². The van der Waals surface area contributed by atoms with Crippen molar-refractivity contribution in [1.29, 1.82) is 0 Å². The predicted molar refractivity (Wildman–Crippen MR) is 57.8 cm³/mol. The molecule has 0 saturated carbocycles. The number of hydrogen-bond acceptors (Lipinski definition) is 1. The van der Waals surface area contributed by atoms with Gasteiger partial charge >= 0.3 is 0 Å². The van der Waals surface area contributed by atoms with Crippen molar-refractivity contribution in [1.82, 2.24) is 4.70 Å². The summed E-state index contributed by atoms with van der Waals surface area (Å²) >= 11 is 0. The second kappa shape index (κ2) is 2.92. The van der Waals surface area contributed by atoms with E-state index in [0.29, 0.717) is 0 Å². The Hall–Kier alpha value is -2.16. The number of rotatable bonds is 0. The van der Waals surface area contributed by atoms with Gasteiger partial charge in [0.1, 0.15) is 11.5 Å². The first kappa shape index (κ1) is 8.17. The van der Waals surface area contributed by atoms with Gasteiger partial charge in [0.25, 0.3) is 0 Å². The van der Waals surface area contributed by atoms with Gasteiger partial charge in [-0.2, -0.15) is 0 Å². The van der Waals surface area contributed by atoms with Gasteiger partial charge in [0.05, 0.1) is 0 Å². The van der Waals surface area contributed by atoms with Crippen LogP contribution in [0.5, 0.6) is 11.5 Å². The van der Waals surface area contributed by atoms with Crippen LogP contribution < -0.4 is 9.43 Å². The average molecular weight is 196 g/mol. The third-order valence-electron chi connectivity index (χ3n) is 2.40. The second-order valence-electron chi connectivity index (χ2n) is 3.40. The average Bonchev–Trinajstić information content (AvgIpc) is 2.31. The van der Waals surface area contributed by atoms with Crippen molar-refractivity contribution in [3.63, 3.8) is 0 Å². The van der Waals surface area contributed by atoms with E-state index in [-0.39, 0.29) is 0 Å². The Labute approximate surface area is 87.0 Å². The molecule has 72 valence electrons. The zero-order valence-corrected chi connectivity index (χ0v) is 7.92. The SMILES string of the molecule is [N-]=[N+]1c2ccc(cc2)Oc2ccc1cc2. The summed E-state index contributed by atoms with van der Waals surface area (Å²) < 4.78 is 6.75. The zero-order valence-electron chi connectivity index (χ0n) is 7.92. The summed E-state index contributed by atoms with van der Waals surface area (Å²) in [6.45, 7) is 0. The van der Waals surface area contributed by atoms with E-state index in [1.807, 2.05) is 48.5 Å². The molecule has 6 rings (SSSR count). The van der Waals surface area contributed by atoms with Gasteiger partial charge in [0.2, 0.25) is 0 Å². The molecular weight excluding hydrogens is 188 g/mol. The highest BCUT2D eigenvalue weighted by molar-refractivity contribution is 5.55. The van der Waals surface area contributed by atoms with E-state index in [4.69, 9.17) is 4.74 Å². The van der Waals surface area contributed by atoms with Crippen molar-refractivity contribution >= 4 is 11.4 Å². The molecule has 2 aromatic carbocycles. The first-order valence-electron chi connectivity index (χ1n) is 4.70. The fourth-order valence-corrected chi connectivity index (χ4v) is 1.60. The minimum Gasteiger partial charge on any atom is -0.493 e. The molecule has 0 N–H and O–H groups in total. The molecule has 0 aromatic heterocycles. The van der Waals surface area contributed by atoms with Crippen LogP contribution in [0.15, 0.2) is 48.5 Å². The summed E-state index contributed by atoms with van der Waals surface area (Å²) in [5, 5.41) is 0. The van der Waals surface area contributed by atoms with E-state index in [1.54, 1.807) is 0 Å². The molecule has 0 aliphatic carbocycles. The maximum Gasteiger partial charge on any atom is 0.200 e. The molecule has 3 nitrogen and oxygen atoms in total. The molecule has 4 aliphatic rings. The summed E-state index contributed by atoms with van der Waals surface area (Å²) in [5.41, 5.74) is 11.3. The molecule has 2 aromatic rings. The third kappa shape index (κ3) is 1.29. The van der Waals surface area contributed by atoms with Crippen molar-refractivity contribution in [2.45, 2.75) is 0 Å². The summed E-state index contributed by atoms with van der Waals surface area (Å²) in [6.07, 6.45) is 0. The Kier molecular flexibility index (Phi) is 1.59. The van der Waals surface area contributed by atoms with Gasteiger partial charge in [0, 0.05) is 24.3 Å². The van der Waals surface area contributed by atoms with Crippen LogP contribution in [-0.2, 0) is 0 Å². The van der Waals surface area contributed by atoms with E-state index >= 15 is 0 Å². The van der Waals surface area contributed by atoms with E-state index in [9.17, 15) is 5.53 Å². The molecular formula is C12H8N2O. The lowest BCUT2D eigenvalue weighted by atomic mass is 10.2. The Morgan fingerprint density at radius 1 is 0.733 bits per heavy atom. The first-order valence-corrected chi connectivity index (χ1v) is 4.70. The number of benzene rings is 2. The molecule has 0 atom stereocenters. The van der Waals surface area contributed by atoms with Crippen LogP contribution in [0.3, 0.4) is 0 Å². The highest BCUT2D eigenvalue weighted by Gasteiger charge is 2.10. The summed E-state index contributed by atoms with van der Waals surface area (Å²) in [5.74, 6) is 1.53. The van der Waals surface area contributed by atoms with Crippen LogP contribution in [0.4, 0.5) is 11.4 Å². The van der Waals surface area contributed by atoms with Crippen LogP contribution in [0, 0.1) is 0 Å². The third-order valence-corrected chi connectivity index (χ3v) is 2.40. The molecule has 0 saturated heterocycles. The highest BCUT2D eigenvalue weighted by Crippen LogP contribution is 2.30. The fourth-order valence-electron chi connectivity index (χ4n) is 1.60. The van der Waals surface area contributed by atoms with Crippen molar-refractivity contribution in [2.75, 3.05) is 0 Å². The molecule has 0 radical (unpaired) electrons. The number of nitrogens with zero attached hydrogens (tertiary/aromatic N) is 2. The maximum atomic E-state index is 9.89. The summed E-state index contributed by atoms with van der Waals surface area (Å²) in [7, 11) is 0. The molecule has 0 amide bonds. The molecule has 0 fully saturated rings. The molecule has 0 unspecified atom stereocenters. The fraction of sp³-hybridized carbons (Fsp3) is 0. The zero-order chi connectivity index (χ0) is 10.3. The smallest absolute Gasteiger partial charge is 0.200 e. The van der Waals surface area contributed by atoms with Crippen molar-refractivity contribution in [3.05, 3.63) is 54.1 Å². The van der Waals surface area contributed by atoms with Gasteiger partial charge in [-0.15, -0.1) is 0 Å². The first-order chi connectivity index (χ1) is 7.33. The highest BCUT2D eigenvalue weighted by atomic mass is 16.5. The van der Waals surface area contributed by atoms with Crippen LogP contribution in [0.25, 0.3) is 5.53 Å². The molecule has 4 aliphatic heterocycles. The lowest BCUT2D eigenvalue weighted by Crippen LogP contribution is -1.98. The molecule has 4 bridgehead atoms. The Morgan fingerprint density at radius 3 is 1.53 bits per heavy atom. The minimum atomic E-state index is 0.719. The summed E-state index contributed by atoms with van der Waals surface area (Å²) in [4.78, 5) is 0. The van der Waals surface area contributed by atoms with E-state index in [2.05, 4.69) is 0 Å². The monoisotopic (exact) mass is 196 g/mol. The quantitative estimate of drug-likeness (QED) is 0.505. The van der Waals surface area contributed by atoms with Crippen LogP contribution in [0.2, 0.25) is 0 Å². The molecule has 15 heavy (non-hydrogen) atoms. The normalized spacial score (nSPS) is 12.7. The molecule has 0 spiro atoms. The standard InChI is InChI=1S/C12H8N2O/c13-14-9-1-5-11(6-2-9)15-12-7-3-10(14)4-8-12/h1-8H. The van der Waals surface area contributed by atoms with Crippen LogP contribution in [-0.4, -0.2) is 0 Å². The van der Waals surface area contributed by atoms with Gasteiger partial charge < -0.3 is 10.3 Å². The van der Waals surface area contributed by atoms with Crippen molar-refractivity contribution < 1.29 is 4.74 Å². The maximum absolute atomic E-state index is 9.89. The Morgan fingerprint density at radius 2 is 1.13 bits per heavy atom. The minimum absolute atomic E-state index is 0.719. The van der Waals surface area contributed by atoms with Gasteiger partial charge in [-0.25, -0.2) is 4.70 Å². The van der Waals surface area contributed by atoms with Gasteiger partial charge in [-0.3, -0.25) is 0 Å². The topological polar surface area (TPSA) is 34.5 Å². The number of ether oxygens (including phenoxy) is 1.